The van der Waals surface area contributed by atoms with Gasteiger partial charge in [0.05, 0.1) is 43.6 Å². The van der Waals surface area contributed by atoms with Crippen molar-refractivity contribution >= 4 is 35.5 Å². The average Bonchev–Trinajstić information content (AvgIpc) is 3.39. The fourth-order valence-corrected chi connectivity index (χ4v) is 4.34. The summed E-state index contributed by atoms with van der Waals surface area (Å²) in [4.78, 5) is 79.5. The minimum Gasteiger partial charge on any atom is -0.468 e. The number of imide groups is 1. The third kappa shape index (κ3) is 3.66. The van der Waals surface area contributed by atoms with Crippen LogP contribution in [0.2, 0.25) is 0 Å². The molecule has 2 aromatic rings. The first-order valence-electron chi connectivity index (χ1n) is 10.6. The maximum Gasteiger partial charge on any atom is 0.336 e. The number of Topliss-reactive ketones (excluding diaryl/α,β-unsaturated/α-hetero) is 1. The molecule has 2 aromatic carbocycles. The van der Waals surface area contributed by atoms with Crippen molar-refractivity contribution in [1.29, 1.82) is 0 Å². The minimum absolute atomic E-state index is 0.0168. The first-order chi connectivity index (χ1) is 17.3. The third-order valence-electron chi connectivity index (χ3n) is 5.91. The summed E-state index contributed by atoms with van der Waals surface area (Å²) >= 11 is 0. The number of ether oxygens (including phenoxy) is 3. The molecule has 0 unspecified atom stereocenters. The van der Waals surface area contributed by atoms with Crippen molar-refractivity contribution < 1.29 is 43.0 Å². The molecule has 0 bridgehead atoms. The summed E-state index contributed by atoms with van der Waals surface area (Å²) in [5.74, 6) is -5.87. The maximum atomic E-state index is 13.8. The minimum atomic E-state index is -1.85. The Kier molecular flexibility index (Phi) is 6.49. The van der Waals surface area contributed by atoms with Crippen molar-refractivity contribution in [1.82, 2.24) is 10.0 Å². The molecule has 0 aliphatic carbocycles. The zero-order valence-electron chi connectivity index (χ0n) is 19.4. The van der Waals surface area contributed by atoms with Gasteiger partial charge < -0.3 is 14.2 Å². The van der Waals surface area contributed by atoms with Crippen molar-refractivity contribution in [3.05, 3.63) is 82.4 Å². The van der Waals surface area contributed by atoms with E-state index in [0.717, 1.165) is 26.3 Å². The molecule has 184 valence electrons. The van der Waals surface area contributed by atoms with E-state index in [2.05, 4.69) is 0 Å². The Morgan fingerprint density at radius 1 is 0.667 bits per heavy atom. The molecule has 0 spiro atoms. The molecule has 2 aliphatic heterocycles. The van der Waals surface area contributed by atoms with Gasteiger partial charge in [0.2, 0.25) is 0 Å². The van der Waals surface area contributed by atoms with Gasteiger partial charge in [0.15, 0.2) is 11.8 Å². The van der Waals surface area contributed by atoms with Gasteiger partial charge in [0.1, 0.15) is 6.04 Å². The summed E-state index contributed by atoms with van der Waals surface area (Å²) in [6.07, 6.45) is 0. The van der Waals surface area contributed by atoms with Crippen LogP contribution in [0.15, 0.2) is 65.7 Å². The van der Waals surface area contributed by atoms with Crippen LogP contribution in [0.4, 0.5) is 0 Å². The second-order valence-corrected chi connectivity index (χ2v) is 7.72. The molecule has 11 heteroatoms. The molecule has 2 heterocycles. The Labute approximate surface area is 204 Å². The lowest BCUT2D eigenvalue weighted by Crippen LogP contribution is -2.58. The second kappa shape index (κ2) is 9.55. The molecular weight excluding hydrogens is 472 g/mol. The van der Waals surface area contributed by atoms with Gasteiger partial charge in [0, 0.05) is 5.56 Å². The second-order valence-electron chi connectivity index (χ2n) is 7.72. The number of hydrogen-bond acceptors (Lipinski definition) is 10. The highest BCUT2D eigenvalue weighted by Gasteiger charge is 2.59. The standard InChI is InChI=1S/C25H20N2O9/c1-34-23(31)16-17(24(32)35-2)19(25(33)36-3)26(18(16)20(28)13-9-5-4-6-10-13)27-21(29)14-11-7-8-12-15(14)22(27)30/h4-12,18-19H,1-3H3/t18-,19+/m0/s1. The highest BCUT2D eigenvalue weighted by molar-refractivity contribution is 6.22. The van der Waals surface area contributed by atoms with Gasteiger partial charge in [0.25, 0.3) is 11.8 Å². The van der Waals surface area contributed by atoms with E-state index in [4.69, 9.17) is 14.2 Å². The van der Waals surface area contributed by atoms with Crippen LogP contribution in [0.3, 0.4) is 0 Å². The first kappa shape index (κ1) is 24.5. The molecule has 2 aliphatic rings. The van der Waals surface area contributed by atoms with Crippen molar-refractivity contribution in [3.8, 4) is 0 Å². The molecule has 4 rings (SSSR count). The normalized spacial score (nSPS) is 19.2. The summed E-state index contributed by atoms with van der Waals surface area (Å²) in [5.41, 5.74) is -1.02. The predicted molar refractivity (Wildman–Crippen MR) is 120 cm³/mol. The summed E-state index contributed by atoms with van der Waals surface area (Å²) in [5, 5.41) is 1.38. The van der Waals surface area contributed by atoms with Crippen LogP contribution in [0, 0.1) is 0 Å². The SMILES string of the molecule is COC(=O)C1=C(C(=O)OC)[C@H](C(=O)OC)N(N2C(=O)c3ccccc3C2=O)[C@@H]1C(=O)c1ccccc1. The fraction of sp³-hybridized carbons (Fsp3) is 0.200. The number of carbonyl (C=O) groups excluding carboxylic acids is 6. The monoisotopic (exact) mass is 492 g/mol. The van der Waals surface area contributed by atoms with Gasteiger partial charge in [-0.05, 0) is 12.1 Å². The lowest BCUT2D eigenvalue weighted by molar-refractivity contribution is -0.152. The van der Waals surface area contributed by atoms with Crippen molar-refractivity contribution in [2.75, 3.05) is 21.3 Å². The third-order valence-corrected chi connectivity index (χ3v) is 5.91. The van der Waals surface area contributed by atoms with Crippen molar-refractivity contribution in [3.63, 3.8) is 0 Å². The Morgan fingerprint density at radius 2 is 1.14 bits per heavy atom. The molecule has 0 saturated carbocycles. The van der Waals surface area contributed by atoms with Crippen LogP contribution in [-0.4, -0.2) is 78.9 Å². The van der Waals surface area contributed by atoms with Crippen LogP contribution in [0.1, 0.15) is 31.1 Å². The highest BCUT2D eigenvalue weighted by atomic mass is 16.5. The molecule has 36 heavy (non-hydrogen) atoms. The molecule has 2 atom stereocenters. The summed E-state index contributed by atoms with van der Waals surface area (Å²) in [7, 11) is 3.05. The fourth-order valence-electron chi connectivity index (χ4n) is 4.34. The molecule has 0 N–H and O–H groups in total. The zero-order chi connectivity index (χ0) is 26.1. The lowest BCUT2D eigenvalue weighted by Gasteiger charge is -2.35. The lowest BCUT2D eigenvalue weighted by atomic mass is 9.96. The van der Waals surface area contributed by atoms with Crippen LogP contribution in [0.25, 0.3) is 0 Å². The smallest absolute Gasteiger partial charge is 0.336 e. The topological polar surface area (TPSA) is 137 Å². The average molecular weight is 492 g/mol. The summed E-state index contributed by atoms with van der Waals surface area (Å²) in [6, 6.07) is 9.94. The van der Waals surface area contributed by atoms with Crippen molar-refractivity contribution in [2.24, 2.45) is 0 Å². The number of hydrogen-bond donors (Lipinski definition) is 0. The van der Waals surface area contributed by atoms with Gasteiger partial charge in [-0.1, -0.05) is 42.5 Å². The molecule has 0 aromatic heterocycles. The van der Waals surface area contributed by atoms with Gasteiger partial charge in [-0.3, -0.25) is 14.4 Å². The number of esters is 3. The van der Waals surface area contributed by atoms with E-state index in [0.29, 0.717) is 5.01 Å². The van der Waals surface area contributed by atoms with E-state index in [1.807, 2.05) is 0 Å². The van der Waals surface area contributed by atoms with E-state index in [1.54, 1.807) is 30.3 Å². The number of hydrazine groups is 1. The van der Waals surface area contributed by atoms with Gasteiger partial charge in [-0.15, -0.1) is 0 Å². The first-order valence-corrected chi connectivity index (χ1v) is 10.6. The number of amides is 2. The molecule has 0 fully saturated rings. The van der Waals surface area contributed by atoms with Crippen LogP contribution < -0.4 is 0 Å². The van der Waals surface area contributed by atoms with Gasteiger partial charge >= 0.3 is 17.9 Å². The van der Waals surface area contributed by atoms with Gasteiger partial charge in [-0.2, -0.15) is 10.0 Å². The zero-order valence-corrected chi connectivity index (χ0v) is 19.4. The number of fused-ring (bicyclic) bond motifs is 1. The van der Waals surface area contributed by atoms with E-state index in [1.165, 1.54) is 24.3 Å². The Morgan fingerprint density at radius 3 is 1.61 bits per heavy atom. The van der Waals surface area contributed by atoms with Gasteiger partial charge in [-0.25, -0.2) is 14.4 Å². The van der Waals surface area contributed by atoms with Crippen molar-refractivity contribution in [2.45, 2.75) is 12.1 Å². The Hall–Kier alpha value is -4.64. The number of nitrogens with zero attached hydrogens (tertiary/aromatic N) is 2. The number of ketones is 1. The number of rotatable bonds is 6. The number of benzene rings is 2. The summed E-state index contributed by atoms with van der Waals surface area (Å²) in [6.45, 7) is 0. The number of carbonyl (C=O) groups is 6. The van der Waals surface area contributed by atoms with E-state index >= 15 is 0 Å². The van der Waals surface area contributed by atoms with Crippen LogP contribution in [0.5, 0.6) is 0 Å². The van der Waals surface area contributed by atoms with E-state index < -0.39 is 58.7 Å². The predicted octanol–water partition coefficient (Wildman–Crippen LogP) is 0.949. The maximum absolute atomic E-state index is 13.8. The largest absolute Gasteiger partial charge is 0.468 e. The Bertz CT molecular complexity index is 1300. The molecule has 2 amide bonds. The van der Waals surface area contributed by atoms with Crippen LogP contribution >= 0.6 is 0 Å². The summed E-state index contributed by atoms with van der Waals surface area (Å²) < 4.78 is 14.5. The van der Waals surface area contributed by atoms with E-state index in [9.17, 15) is 28.8 Å². The molecular formula is C25H20N2O9. The van der Waals surface area contributed by atoms with Crippen LogP contribution in [-0.2, 0) is 28.6 Å². The molecule has 0 radical (unpaired) electrons. The highest BCUT2D eigenvalue weighted by Crippen LogP contribution is 2.39. The quantitative estimate of drug-likeness (QED) is 0.248. The molecule has 0 saturated heterocycles. The van der Waals surface area contributed by atoms with E-state index in [-0.39, 0.29) is 16.7 Å². The number of methoxy groups -OCH3 is 3. The Balaban J connectivity index is 2.01. The molecule has 11 nitrogen and oxygen atoms in total.